The molecule has 0 saturated heterocycles. The molecule has 1 aromatic rings. The molecule has 1 aliphatic rings. The molecule has 116 valence electrons. The van der Waals surface area contributed by atoms with E-state index in [1.165, 1.54) is 0 Å². The lowest BCUT2D eigenvalue weighted by Gasteiger charge is -2.13. The van der Waals surface area contributed by atoms with E-state index in [0.717, 1.165) is 18.4 Å². The van der Waals surface area contributed by atoms with Crippen molar-refractivity contribution >= 4 is 17.5 Å². The Morgan fingerprint density at radius 3 is 2.67 bits per heavy atom. The Labute approximate surface area is 130 Å². The molecular weight excluding hydrogens is 292 g/mol. The van der Waals surface area contributed by atoms with Gasteiger partial charge in [-0.05, 0) is 24.5 Å². The van der Waals surface area contributed by atoms with Gasteiger partial charge in [0.2, 0.25) is 5.91 Å². The number of carbonyl (C=O) groups excluding carboxylic acids is 1. The smallest absolute Gasteiger partial charge is 0.223 e. The topological polar surface area (TPSA) is 59.6 Å². The monoisotopic (exact) mass is 312 g/mol. The summed E-state index contributed by atoms with van der Waals surface area (Å²) in [4.78, 5) is 11.5. The first kappa shape index (κ1) is 15.9. The second kappa shape index (κ2) is 7.52. The predicted molar refractivity (Wildman–Crippen MR) is 82.0 cm³/mol. The van der Waals surface area contributed by atoms with Crippen molar-refractivity contribution < 1.29 is 14.3 Å². The molecule has 0 aliphatic heterocycles. The van der Waals surface area contributed by atoms with Crippen LogP contribution >= 0.6 is 11.6 Å². The van der Waals surface area contributed by atoms with Gasteiger partial charge in [-0.25, -0.2) is 0 Å². The lowest BCUT2D eigenvalue weighted by molar-refractivity contribution is -0.122. The zero-order chi connectivity index (χ0) is 15.2. The normalized spacial score (nSPS) is 13.9. The van der Waals surface area contributed by atoms with Crippen LogP contribution in [0.3, 0.4) is 0 Å². The standard InChI is InChI=1S/C15H21ClN2O3/c1-20-12-6-5-11(13(16)14(12)21-2)9-17-7-8-18-15(19)10-3-4-10/h5-6,10,17H,3-4,7-9H2,1-2H3,(H,18,19). The summed E-state index contributed by atoms with van der Waals surface area (Å²) in [5.41, 5.74) is 0.933. The molecule has 1 aromatic carbocycles. The van der Waals surface area contributed by atoms with Gasteiger partial charge in [0.1, 0.15) is 0 Å². The summed E-state index contributed by atoms with van der Waals surface area (Å²) in [6, 6.07) is 3.73. The molecule has 2 N–H and O–H groups in total. The molecule has 5 nitrogen and oxygen atoms in total. The molecule has 0 unspecified atom stereocenters. The van der Waals surface area contributed by atoms with E-state index in [2.05, 4.69) is 10.6 Å². The van der Waals surface area contributed by atoms with Crippen LogP contribution in [0.15, 0.2) is 12.1 Å². The molecule has 0 spiro atoms. The number of hydrogen-bond acceptors (Lipinski definition) is 4. The number of carbonyl (C=O) groups is 1. The van der Waals surface area contributed by atoms with Crippen LogP contribution in [0.5, 0.6) is 11.5 Å². The SMILES string of the molecule is COc1ccc(CNCCNC(=O)C2CC2)c(Cl)c1OC. The fourth-order valence-electron chi connectivity index (χ4n) is 2.05. The Balaban J connectivity index is 1.78. The number of halogens is 1. The molecule has 6 heteroatoms. The fraction of sp³-hybridized carbons (Fsp3) is 0.533. The number of ether oxygens (including phenoxy) is 2. The minimum atomic E-state index is 0.168. The van der Waals surface area contributed by atoms with Crippen LogP contribution in [0.25, 0.3) is 0 Å². The minimum Gasteiger partial charge on any atom is -0.493 e. The molecule has 0 aromatic heterocycles. The molecule has 0 bridgehead atoms. The maximum atomic E-state index is 11.5. The van der Waals surface area contributed by atoms with Crippen LogP contribution in [0, 0.1) is 5.92 Å². The Bertz CT molecular complexity index is 504. The van der Waals surface area contributed by atoms with Gasteiger partial charge in [-0.2, -0.15) is 0 Å². The largest absolute Gasteiger partial charge is 0.493 e. The van der Waals surface area contributed by atoms with E-state index in [1.807, 2.05) is 12.1 Å². The molecule has 0 radical (unpaired) electrons. The zero-order valence-electron chi connectivity index (χ0n) is 12.4. The molecule has 0 atom stereocenters. The van der Waals surface area contributed by atoms with Crippen molar-refractivity contribution in [2.45, 2.75) is 19.4 Å². The summed E-state index contributed by atoms with van der Waals surface area (Å²) in [5, 5.41) is 6.71. The second-order valence-electron chi connectivity index (χ2n) is 5.02. The average Bonchev–Trinajstić information content (AvgIpc) is 3.32. The number of methoxy groups -OCH3 is 2. The maximum absolute atomic E-state index is 11.5. The zero-order valence-corrected chi connectivity index (χ0v) is 13.1. The lowest BCUT2D eigenvalue weighted by Crippen LogP contribution is -2.32. The summed E-state index contributed by atoms with van der Waals surface area (Å²) in [7, 11) is 3.14. The van der Waals surface area contributed by atoms with Crippen LogP contribution in [0.1, 0.15) is 18.4 Å². The first-order chi connectivity index (χ1) is 10.2. The summed E-state index contributed by atoms with van der Waals surface area (Å²) in [6.45, 7) is 1.93. The average molecular weight is 313 g/mol. The third-order valence-corrected chi connectivity index (χ3v) is 3.84. The van der Waals surface area contributed by atoms with E-state index in [1.54, 1.807) is 14.2 Å². The van der Waals surface area contributed by atoms with Crippen molar-refractivity contribution in [1.29, 1.82) is 0 Å². The number of hydrogen-bond donors (Lipinski definition) is 2. The van der Waals surface area contributed by atoms with Gasteiger partial charge < -0.3 is 20.1 Å². The van der Waals surface area contributed by atoms with Crippen molar-refractivity contribution in [2.24, 2.45) is 5.92 Å². The first-order valence-corrected chi connectivity index (χ1v) is 7.43. The van der Waals surface area contributed by atoms with E-state index in [4.69, 9.17) is 21.1 Å². The minimum absolute atomic E-state index is 0.168. The number of rotatable bonds is 8. The van der Waals surface area contributed by atoms with Crippen molar-refractivity contribution in [2.75, 3.05) is 27.3 Å². The van der Waals surface area contributed by atoms with Gasteiger partial charge in [-0.1, -0.05) is 17.7 Å². The Morgan fingerprint density at radius 1 is 1.29 bits per heavy atom. The quantitative estimate of drug-likeness (QED) is 0.721. The molecule has 1 saturated carbocycles. The third kappa shape index (κ3) is 4.25. The highest BCUT2D eigenvalue weighted by molar-refractivity contribution is 6.33. The van der Waals surface area contributed by atoms with Gasteiger partial charge in [0.25, 0.3) is 0 Å². The molecule has 0 heterocycles. The summed E-state index contributed by atoms with van der Waals surface area (Å²) in [6.07, 6.45) is 2.06. The highest BCUT2D eigenvalue weighted by Gasteiger charge is 2.28. The van der Waals surface area contributed by atoms with Crippen molar-refractivity contribution in [3.8, 4) is 11.5 Å². The lowest BCUT2D eigenvalue weighted by atomic mass is 10.2. The fourth-order valence-corrected chi connectivity index (χ4v) is 2.35. The van der Waals surface area contributed by atoms with E-state index in [9.17, 15) is 4.79 Å². The third-order valence-electron chi connectivity index (χ3n) is 3.43. The number of nitrogens with one attached hydrogen (secondary N) is 2. The van der Waals surface area contributed by atoms with Crippen molar-refractivity contribution in [3.05, 3.63) is 22.7 Å². The van der Waals surface area contributed by atoms with Gasteiger partial charge in [-0.3, -0.25) is 4.79 Å². The number of benzene rings is 1. The Kier molecular flexibility index (Phi) is 5.70. The van der Waals surface area contributed by atoms with Crippen molar-refractivity contribution in [1.82, 2.24) is 10.6 Å². The van der Waals surface area contributed by atoms with Crippen LogP contribution in [-0.2, 0) is 11.3 Å². The molecule has 1 aliphatic carbocycles. The van der Waals surface area contributed by atoms with Crippen LogP contribution in [0.2, 0.25) is 5.02 Å². The van der Waals surface area contributed by atoms with Gasteiger partial charge in [0, 0.05) is 25.6 Å². The highest BCUT2D eigenvalue weighted by Crippen LogP contribution is 2.37. The first-order valence-electron chi connectivity index (χ1n) is 7.05. The molecular formula is C15H21ClN2O3. The van der Waals surface area contributed by atoms with Crippen LogP contribution < -0.4 is 20.1 Å². The summed E-state index contributed by atoms with van der Waals surface area (Å²) < 4.78 is 10.5. The molecule has 1 fully saturated rings. The van der Waals surface area contributed by atoms with Crippen LogP contribution in [-0.4, -0.2) is 33.2 Å². The van der Waals surface area contributed by atoms with E-state index in [0.29, 0.717) is 36.2 Å². The van der Waals surface area contributed by atoms with Gasteiger partial charge >= 0.3 is 0 Å². The summed E-state index contributed by atoms with van der Waals surface area (Å²) >= 11 is 6.29. The van der Waals surface area contributed by atoms with Gasteiger partial charge in [0.05, 0.1) is 19.2 Å². The van der Waals surface area contributed by atoms with Crippen LogP contribution in [0.4, 0.5) is 0 Å². The Morgan fingerprint density at radius 2 is 2.05 bits per heavy atom. The maximum Gasteiger partial charge on any atom is 0.223 e. The second-order valence-corrected chi connectivity index (χ2v) is 5.39. The van der Waals surface area contributed by atoms with Gasteiger partial charge in [0.15, 0.2) is 11.5 Å². The van der Waals surface area contributed by atoms with Gasteiger partial charge in [-0.15, -0.1) is 0 Å². The molecule has 1 amide bonds. The highest BCUT2D eigenvalue weighted by atomic mass is 35.5. The van der Waals surface area contributed by atoms with E-state index in [-0.39, 0.29) is 11.8 Å². The Hall–Kier alpha value is -1.46. The predicted octanol–water partition coefficient (Wildman–Crippen LogP) is 1.97. The molecule has 21 heavy (non-hydrogen) atoms. The van der Waals surface area contributed by atoms with E-state index >= 15 is 0 Å². The summed E-state index contributed by atoms with van der Waals surface area (Å²) in [5.74, 6) is 1.58. The van der Waals surface area contributed by atoms with Crippen molar-refractivity contribution in [3.63, 3.8) is 0 Å². The van der Waals surface area contributed by atoms with E-state index < -0.39 is 0 Å². The molecule has 2 rings (SSSR count). The number of amides is 1.